The Labute approximate surface area is 167 Å². The molecular weight excluding hydrogens is 412 g/mol. The maximum absolute atomic E-state index is 12.6. The van der Waals surface area contributed by atoms with E-state index in [1.807, 2.05) is 31.2 Å². The number of hydrogen-bond acceptors (Lipinski definition) is 4. The van der Waals surface area contributed by atoms with Gasteiger partial charge in [-0.15, -0.1) is 0 Å². The summed E-state index contributed by atoms with van der Waals surface area (Å²) in [6.45, 7) is 8.78. The van der Waals surface area contributed by atoms with Gasteiger partial charge < -0.3 is 15.4 Å². The van der Waals surface area contributed by atoms with Crippen molar-refractivity contribution in [2.75, 3.05) is 5.32 Å². The Hall–Kier alpha value is -2.35. The van der Waals surface area contributed by atoms with Crippen LogP contribution >= 0.6 is 15.9 Å². The number of benzene rings is 1. The Morgan fingerprint density at radius 3 is 2.37 bits per heavy atom. The maximum Gasteiger partial charge on any atom is 0.408 e. The fourth-order valence-corrected chi connectivity index (χ4v) is 2.80. The molecule has 0 saturated heterocycles. The summed E-state index contributed by atoms with van der Waals surface area (Å²) in [6, 6.07) is 6.99. The molecule has 2 amide bonds. The van der Waals surface area contributed by atoms with E-state index in [0.29, 0.717) is 5.82 Å². The van der Waals surface area contributed by atoms with E-state index in [1.54, 1.807) is 39.4 Å². The van der Waals surface area contributed by atoms with Crippen molar-refractivity contribution in [2.24, 2.45) is 7.05 Å². The van der Waals surface area contributed by atoms with Gasteiger partial charge in [0.2, 0.25) is 5.91 Å². The van der Waals surface area contributed by atoms with E-state index in [1.165, 1.54) is 0 Å². The quantitative estimate of drug-likeness (QED) is 0.757. The van der Waals surface area contributed by atoms with Crippen molar-refractivity contribution in [1.82, 2.24) is 15.1 Å². The van der Waals surface area contributed by atoms with Crippen LogP contribution in [0.5, 0.6) is 0 Å². The minimum atomic E-state index is -0.771. The first-order chi connectivity index (χ1) is 12.5. The molecule has 0 bridgehead atoms. The van der Waals surface area contributed by atoms with Gasteiger partial charge in [0.1, 0.15) is 17.5 Å². The SMILES string of the molecule is Cc1nn(C)c(NC(=O)[C@@H](C)NC(=O)OC(C)(C)C)c1-c1ccc(Br)cc1. The minimum Gasteiger partial charge on any atom is -0.444 e. The summed E-state index contributed by atoms with van der Waals surface area (Å²) in [5, 5.41) is 9.81. The molecule has 2 N–H and O–H groups in total. The number of amides is 2. The van der Waals surface area contributed by atoms with Gasteiger partial charge in [-0.2, -0.15) is 5.10 Å². The van der Waals surface area contributed by atoms with Crippen LogP contribution in [0.25, 0.3) is 11.1 Å². The van der Waals surface area contributed by atoms with E-state index in [4.69, 9.17) is 4.74 Å². The number of carbonyl (C=O) groups is 2. The van der Waals surface area contributed by atoms with Crippen molar-refractivity contribution in [3.63, 3.8) is 0 Å². The lowest BCUT2D eigenvalue weighted by molar-refractivity contribution is -0.117. The topological polar surface area (TPSA) is 85.3 Å². The van der Waals surface area contributed by atoms with Crippen LogP contribution in [-0.4, -0.2) is 33.4 Å². The predicted molar refractivity (Wildman–Crippen MR) is 109 cm³/mol. The third-order valence-corrected chi connectivity index (χ3v) is 4.25. The fraction of sp³-hybridized carbons (Fsp3) is 0.421. The van der Waals surface area contributed by atoms with Gasteiger partial charge in [-0.25, -0.2) is 4.79 Å². The number of rotatable bonds is 4. The Morgan fingerprint density at radius 2 is 1.81 bits per heavy atom. The van der Waals surface area contributed by atoms with Gasteiger partial charge in [0.25, 0.3) is 0 Å². The molecule has 0 fully saturated rings. The average Bonchev–Trinajstić information content (AvgIpc) is 2.80. The Kier molecular flexibility index (Phi) is 6.30. The zero-order valence-corrected chi connectivity index (χ0v) is 18.0. The standard InChI is InChI=1S/C19H25BrN4O3/c1-11-15(13-7-9-14(20)10-8-13)16(24(6)23-11)22-17(25)12(2)21-18(26)27-19(3,4)5/h7-10,12H,1-6H3,(H,21,26)(H,22,25)/t12-/m1/s1. The maximum atomic E-state index is 12.6. The van der Waals surface area contributed by atoms with Gasteiger partial charge >= 0.3 is 6.09 Å². The second kappa shape index (κ2) is 8.12. The third kappa shape index (κ3) is 5.56. The molecule has 0 spiro atoms. The summed E-state index contributed by atoms with van der Waals surface area (Å²) in [6.07, 6.45) is -0.639. The van der Waals surface area contributed by atoms with Gasteiger partial charge in [-0.1, -0.05) is 28.1 Å². The number of nitrogens with zero attached hydrogens (tertiary/aromatic N) is 2. The van der Waals surface area contributed by atoms with Gasteiger partial charge in [0.05, 0.1) is 5.69 Å². The number of alkyl carbamates (subject to hydrolysis) is 1. The number of ether oxygens (including phenoxy) is 1. The van der Waals surface area contributed by atoms with E-state index in [-0.39, 0.29) is 5.91 Å². The first-order valence-corrected chi connectivity index (χ1v) is 9.37. The molecule has 27 heavy (non-hydrogen) atoms. The van der Waals surface area contributed by atoms with Gasteiger partial charge in [0, 0.05) is 17.1 Å². The number of carbonyl (C=O) groups excluding carboxylic acids is 2. The molecule has 7 nitrogen and oxygen atoms in total. The van der Waals surface area contributed by atoms with Crippen molar-refractivity contribution in [3.05, 3.63) is 34.4 Å². The molecule has 146 valence electrons. The molecule has 2 rings (SSSR count). The van der Waals surface area contributed by atoms with Crippen LogP contribution in [0.1, 0.15) is 33.4 Å². The van der Waals surface area contributed by atoms with Crippen molar-refractivity contribution in [2.45, 2.75) is 46.3 Å². The first-order valence-electron chi connectivity index (χ1n) is 8.58. The number of hydrogen-bond donors (Lipinski definition) is 2. The smallest absolute Gasteiger partial charge is 0.408 e. The zero-order chi connectivity index (χ0) is 20.4. The number of anilines is 1. The Bertz CT molecular complexity index is 838. The lowest BCUT2D eigenvalue weighted by Crippen LogP contribution is -2.44. The Balaban J connectivity index is 2.18. The van der Waals surface area contributed by atoms with Gasteiger partial charge in [0.15, 0.2) is 0 Å². The molecule has 8 heteroatoms. The number of halogens is 1. The molecule has 0 aliphatic rings. The van der Waals surface area contributed by atoms with Crippen molar-refractivity contribution in [3.8, 4) is 11.1 Å². The largest absolute Gasteiger partial charge is 0.444 e. The molecule has 0 aliphatic heterocycles. The second-order valence-electron chi connectivity index (χ2n) is 7.30. The van der Waals surface area contributed by atoms with Crippen LogP contribution in [0.2, 0.25) is 0 Å². The molecule has 0 saturated carbocycles. The molecule has 1 atom stereocenters. The number of nitrogens with one attached hydrogen (secondary N) is 2. The summed E-state index contributed by atoms with van der Waals surface area (Å²) in [7, 11) is 1.76. The van der Waals surface area contributed by atoms with E-state index in [9.17, 15) is 9.59 Å². The van der Waals surface area contributed by atoms with Crippen LogP contribution < -0.4 is 10.6 Å². The van der Waals surface area contributed by atoms with Crippen LogP contribution in [0.15, 0.2) is 28.7 Å². The fourth-order valence-electron chi connectivity index (χ4n) is 2.54. The van der Waals surface area contributed by atoms with Crippen LogP contribution in [0.4, 0.5) is 10.6 Å². The van der Waals surface area contributed by atoms with Crippen LogP contribution in [0, 0.1) is 6.92 Å². The first kappa shape index (κ1) is 21.0. The Morgan fingerprint density at radius 1 is 1.22 bits per heavy atom. The highest BCUT2D eigenvalue weighted by Gasteiger charge is 2.23. The molecule has 2 aromatic rings. The average molecular weight is 437 g/mol. The minimum absolute atomic E-state index is 0.359. The van der Waals surface area contributed by atoms with E-state index in [2.05, 4.69) is 31.7 Å². The normalized spacial score (nSPS) is 12.4. The lowest BCUT2D eigenvalue weighted by atomic mass is 10.1. The molecule has 1 heterocycles. The van der Waals surface area contributed by atoms with E-state index >= 15 is 0 Å². The van der Waals surface area contributed by atoms with Crippen molar-refractivity contribution >= 4 is 33.7 Å². The van der Waals surface area contributed by atoms with Crippen molar-refractivity contribution in [1.29, 1.82) is 0 Å². The molecule has 1 aromatic heterocycles. The van der Waals surface area contributed by atoms with Crippen LogP contribution in [0.3, 0.4) is 0 Å². The summed E-state index contributed by atoms with van der Waals surface area (Å²) >= 11 is 3.42. The summed E-state index contributed by atoms with van der Waals surface area (Å²) < 4.78 is 7.77. The number of aromatic nitrogens is 2. The summed E-state index contributed by atoms with van der Waals surface area (Å²) in [5.74, 6) is 0.208. The number of aryl methyl sites for hydroxylation is 2. The molecular formula is C19H25BrN4O3. The van der Waals surface area contributed by atoms with Gasteiger partial charge in [-0.3, -0.25) is 9.48 Å². The molecule has 0 unspecified atom stereocenters. The predicted octanol–water partition coefficient (Wildman–Crippen LogP) is 4.01. The van der Waals surface area contributed by atoms with Crippen molar-refractivity contribution < 1.29 is 14.3 Å². The highest BCUT2D eigenvalue weighted by atomic mass is 79.9. The highest BCUT2D eigenvalue weighted by Crippen LogP contribution is 2.31. The highest BCUT2D eigenvalue weighted by molar-refractivity contribution is 9.10. The monoisotopic (exact) mass is 436 g/mol. The van der Waals surface area contributed by atoms with Crippen LogP contribution in [-0.2, 0) is 16.6 Å². The lowest BCUT2D eigenvalue weighted by Gasteiger charge is -2.21. The van der Waals surface area contributed by atoms with E-state index < -0.39 is 17.7 Å². The third-order valence-electron chi connectivity index (χ3n) is 3.72. The van der Waals surface area contributed by atoms with E-state index in [0.717, 1.165) is 21.3 Å². The van der Waals surface area contributed by atoms with Gasteiger partial charge in [-0.05, 0) is 52.3 Å². The second-order valence-corrected chi connectivity index (χ2v) is 8.21. The zero-order valence-electron chi connectivity index (χ0n) is 16.4. The summed E-state index contributed by atoms with van der Waals surface area (Å²) in [5.41, 5.74) is 1.94. The summed E-state index contributed by atoms with van der Waals surface area (Å²) in [4.78, 5) is 24.5. The molecule has 0 radical (unpaired) electrons. The molecule has 0 aliphatic carbocycles. The molecule has 1 aromatic carbocycles.